The van der Waals surface area contributed by atoms with E-state index in [4.69, 9.17) is 10.5 Å². The first-order valence-electron chi connectivity index (χ1n) is 6.80. The summed E-state index contributed by atoms with van der Waals surface area (Å²) in [6.07, 6.45) is 3.95. The van der Waals surface area contributed by atoms with Gasteiger partial charge in [-0.2, -0.15) is 0 Å². The first-order valence-corrected chi connectivity index (χ1v) is 7.62. The Morgan fingerprint density at radius 1 is 1.53 bits per heavy atom. The summed E-state index contributed by atoms with van der Waals surface area (Å²) in [5.41, 5.74) is 6.51. The molecule has 0 aromatic carbocycles. The quantitative estimate of drug-likeness (QED) is 0.814. The zero-order valence-electron chi connectivity index (χ0n) is 11.9. The summed E-state index contributed by atoms with van der Waals surface area (Å²) in [7, 11) is 1.61. The van der Waals surface area contributed by atoms with Crippen LogP contribution in [0.3, 0.4) is 0 Å². The number of hydrogen-bond donors (Lipinski definition) is 1. The number of carbonyl (C=O) groups is 1. The van der Waals surface area contributed by atoms with Crippen molar-refractivity contribution >= 4 is 27.8 Å². The van der Waals surface area contributed by atoms with Crippen LogP contribution in [0.5, 0.6) is 5.75 Å². The second-order valence-corrected chi connectivity index (χ2v) is 6.07. The van der Waals surface area contributed by atoms with Crippen molar-refractivity contribution in [2.24, 2.45) is 5.92 Å². The van der Waals surface area contributed by atoms with Crippen LogP contribution in [0.4, 0.5) is 10.7 Å². The van der Waals surface area contributed by atoms with Crippen LogP contribution in [-0.2, 0) is 0 Å². The molecule has 1 aliphatic carbocycles. The third-order valence-electron chi connectivity index (χ3n) is 3.78. The van der Waals surface area contributed by atoms with Gasteiger partial charge in [0.1, 0.15) is 5.00 Å². The molecule has 4 nitrogen and oxygen atoms in total. The van der Waals surface area contributed by atoms with E-state index in [0.29, 0.717) is 16.3 Å². The minimum Gasteiger partial charge on any atom is -0.492 e. The van der Waals surface area contributed by atoms with Gasteiger partial charge in [-0.25, -0.2) is 0 Å². The fourth-order valence-corrected chi connectivity index (χ4v) is 3.58. The van der Waals surface area contributed by atoms with Crippen LogP contribution in [-0.4, -0.2) is 26.0 Å². The molecule has 1 aromatic heterocycles. The lowest BCUT2D eigenvalue weighted by molar-refractivity contribution is 0.102. The van der Waals surface area contributed by atoms with Gasteiger partial charge in [-0.05, 0) is 25.7 Å². The van der Waals surface area contributed by atoms with Gasteiger partial charge in [-0.3, -0.25) is 4.79 Å². The van der Waals surface area contributed by atoms with E-state index >= 15 is 0 Å². The highest BCUT2D eigenvalue weighted by molar-refractivity contribution is 7.19. The molecular formula is C14H22N2O2S. The number of Topliss-reactive ketones (excluding diaryl/α,β-unsaturated/α-hetero) is 1. The number of nitrogen functional groups attached to an aromatic ring is 1. The van der Waals surface area contributed by atoms with Crippen LogP contribution in [0.2, 0.25) is 0 Å². The van der Waals surface area contributed by atoms with Crippen LogP contribution in [0.1, 0.15) is 42.8 Å². The van der Waals surface area contributed by atoms with Gasteiger partial charge in [-0.1, -0.05) is 6.42 Å². The molecule has 1 aromatic rings. The van der Waals surface area contributed by atoms with Crippen LogP contribution in [0.15, 0.2) is 0 Å². The number of thiophene rings is 1. The summed E-state index contributed by atoms with van der Waals surface area (Å²) in [4.78, 5) is 14.5. The monoisotopic (exact) mass is 282 g/mol. The lowest BCUT2D eigenvalue weighted by Gasteiger charge is -2.32. The number of anilines is 2. The van der Waals surface area contributed by atoms with Crippen molar-refractivity contribution in [2.45, 2.75) is 33.1 Å². The third-order valence-corrected chi connectivity index (χ3v) is 5.13. The highest BCUT2D eigenvalue weighted by Crippen LogP contribution is 2.45. The smallest absolute Gasteiger partial charge is 0.177 e. The van der Waals surface area contributed by atoms with Gasteiger partial charge in [0.25, 0.3) is 0 Å². The van der Waals surface area contributed by atoms with E-state index in [2.05, 4.69) is 11.8 Å². The zero-order chi connectivity index (χ0) is 14.0. The Labute approximate surface area is 118 Å². The number of hydrogen-bond acceptors (Lipinski definition) is 5. The number of carbonyl (C=O) groups excluding carboxylic acids is 1. The summed E-state index contributed by atoms with van der Waals surface area (Å²) in [5.74, 6) is 1.44. The van der Waals surface area contributed by atoms with Crippen LogP contribution < -0.4 is 15.4 Å². The molecule has 2 rings (SSSR count). The summed E-state index contributed by atoms with van der Waals surface area (Å²) >= 11 is 1.45. The fourth-order valence-electron chi connectivity index (χ4n) is 2.43. The molecule has 1 aliphatic rings. The van der Waals surface area contributed by atoms with Crippen molar-refractivity contribution < 1.29 is 9.53 Å². The minimum atomic E-state index is 0.00625. The average Bonchev–Trinajstić information content (AvgIpc) is 2.65. The van der Waals surface area contributed by atoms with E-state index in [1.165, 1.54) is 30.6 Å². The molecule has 0 amide bonds. The second kappa shape index (κ2) is 5.82. The molecule has 1 heterocycles. The van der Waals surface area contributed by atoms with E-state index in [-0.39, 0.29) is 5.78 Å². The zero-order valence-corrected chi connectivity index (χ0v) is 12.7. The Balaban J connectivity index is 2.29. The molecule has 106 valence electrons. The molecule has 0 aliphatic heterocycles. The number of ketones is 1. The van der Waals surface area contributed by atoms with Gasteiger partial charge >= 0.3 is 0 Å². The maximum atomic E-state index is 11.6. The largest absolute Gasteiger partial charge is 0.492 e. The third kappa shape index (κ3) is 2.71. The molecule has 19 heavy (non-hydrogen) atoms. The Bertz CT molecular complexity index is 466. The van der Waals surface area contributed by atoms with Gasteiger partial charge < -0.3 is 15.4 Å². The van der Waals surface area contributed by atoms with Gasteiger partial charge in [0, 0.05) is 20.0 Å². The van der Waals surface area contributed by atoms with Crippen molar-refractivity contribution in [1.29, 1.82) is 0 Å². The molecule has 2 N–H and O–H groups in total. The predicted octanol–water partition coefficient (Wildman–Crippen LogP) is 3.17. The van der Waals surface area contributed by atoms with Crippen molar-refractivity contribution in [3.05, 3.63) is 4.88 Å². The highest BCUT2D eigenvalue weighted by atomic mass is 32.1. The summed E-state index contributed by atoms with van der Waals surface area (Å²) in [6.45, 7) is 5.61. The summed E-state index contributed by atoms with van der Waals surface area (Å²) in [6, 6.07) is 0. The molecule has 0 bridgehead atoms. The lowest BCUT2D eigenvalue weighted by Crippen LogP contribution is -2.32. The molecule has 0 saturated heterocycles. The van der Waals surface area contributed by atoms with Crippen LogP contribution >= 0.6 is 11.3 Å². The second-order valence-electron chi connectivity index (χ2n) is 5.08. The number of methoxy groups -OCH3 is 1. The summed E-state index contributed by atoms with van der Waals surface area (Å²) < 4.78 is 5.41. The van der Waals surface area contributed by atoms with Crippen molar-refractivity contribution in [1.82, 2.24) is 0 Å². The number of nitrogens with zero attached hydrogens (tertiary/aromatic N) is 1. The van der Waals surface area contributed by atoms with Gasteiger partial charge in [0.15, 0.2) is 11.5 Å². The van der Waals surface area contributed by atoms with Crippen LogP contribution in [0, 0.1) is 5.92 Å². The molecule has 1 fully saturated rings. The molecule has 0 spiro atoms. The Hall–Kier alpha value is -1.23. The van der Waals surface area contributed by atoms with Gasteiger partial charge in [-0.15, -0.1) is 11.3 Å². The van der Waals surface area contributed by atoms with Crippen molar-refractivity contribution in [2.75, 3.05) is 30.8 Å². The molecule has 0 radical (unpaired) electrons. The molecular weight excluding hydrogens is 260 g/mol. The fraction of sp³-hybridized carbons (Fsp3) is 0.643. The van der Waals surface area contributed by atoms with Crippen molar-refractivity contribution in [3.8, 4) is 5.75 Å². The number of rotatable bonds is 6. The molecule has 0 atom stereocenters. The average molecular weight is 282 g/mol. The summed E-state index contributed by atoms with van der Waals surface area (Å²) in [5, 5.41) is 1.000. The van der Waals surface area contributed by atoms with Crippen LogP contribution in [0.25, 0.3) is 0 Å². The normalized spacial score (nSPS) is 15.1. The number of nitrogens with two attached hydrogens (primary N) is 1. The van der Waals surface area contributed by atoms with Gasteiger partial charge in [0.05, 0.1) is 17.7 Å². The SMILES string of the molecule is CCN(CC1CCC1)c1sc(C(C)=O)c(N)c1OC. The Kier molecular flexibility index (Phi) is 4.34. The highest BCUT2D eigenvalue weighted by Gasteiger charge is 2.26. The first-order chi connectivity index (χ1) is 9.08. The van der Waals surface area contributed by atoms with E-state index in [9.17, 15) is 4.79 Å². The van der Waals surface area contributed by atoms with E-state index in [0.717, 1.165) is 24.0 Å². The van der Waals surface area contributed by atoms with E-state index in [1.807, 2.05) is 0 Å². The minimum absolute atomic E-state index is 0.00625. The lowest BCUT2D eigenvalue weighted by atomic mass is 9.85. The van der Waals surface area contributed by atoms with E-state index in [1.54, 1.807) is 14.0 Å². The predicted molar refractivity (Wildman–Crippen MR) is 80.5 cm³/mol. The van der Waals surface area contributed by atoms with Crippen molar-refractivity contribution in [3.63, 3.8) is 0 Å². The maximum absolute atomic E-state index is 11.6. The number of ether oxygens (including phenoxy) is 1. The standard InChI is InChI=1S/C14H22N2O2S/c1-4-16(8-10-6-5-7-10)14-12(18-3)11(15)13(19-14)9(2)17/h10H,4-8,15H2,1-3H3. The molecule has 5 heteroatoms. The topological polar surface area (TPSA) is 55.6 Å². The Morgan fingerprint density at radius 3 is 2.63 bits per heavy atom. The van der Waals surface area contributed by atoms with Gasteiger partial charge in [0.2, 0.25) is 0 Å². The molecule has 1 saturated carbocycles. The van der Waals surface area contributed by atoms with E-state index < -0.39 is 0 Å². The maximum Gasteiger partial charge on any atom is 0.177 e. The Morgan fingerprint density at radius 2 is 2.21 bits per heavy atom. The first kappa shape index (κ1) is 14.2. The molecule has 0 unspecified atom stereocenters.